The molecule has 2 amide bonds. The topological polar surface area (TPSA) is 91.6 Å². The van der Waals surface area contributed by atoms with Gasteiger partial charge in [-0.25, -0.2) is 0 Å². The molecule has 1 aromatic heterocycles. The summed E-state index contributed by atoms with van der Waals surface area (Å²) in [5, 5.41) is 7.55. The third-order valence-corrected chi connectivity index (χ3v) is 6.07. The Bertz CT molecular complexity index is 1150. The van der Waals surface area contributed by atoms with E-state index in [0.717, 1.165) is 30.6 Å². The Morgan fingerprint density at radius 2 is 2.00 bits per heavy atom. The molecule has 0 saturated carbocycles. The van der Waals surface area contributed by atoms with Crippen molar-refractivity contribution in [3.63, 3.8) is 0 Å². The minimum atomic E-state index is -0.193. The van der Waals surface area contributed by atoms with Crippen LogP contribution < -0.4 is 10.2 Å². The van der Waals surface area contributed by atoms with E-state index in [1.54, 1.807) is 17.0 Å². The van der Waals surface area contributed by atoms with Crippen LogP contribution in [0.15, 0.2) is 53.1 Å². The third kappa shape index (κ3) is 4.24. The van der Waals surface area contributed by atoms with Gasteiger partial charge in [0.25, 0.3) is 0 Å². The zero-order valence-electron chi connectivity index (χ0n) is 17.3. The maximum Gasteiger partial charge on any atom is 0.244 e. The van der Waals surface area contributed by atoms with E-state index in [1.807, 2.05) is 36.4 Å². The van der Waals surface area contributed by atoms with E-state index < -0.39 is 0 Å². The lowest BCUT2D eigenvalue weighted by Gasteiger charge is -2.36. The van der Waals surface area contributed by atoms with Crippen LogP contribution in [0.2, 0.25) is 5.02 Å². The van der Waals surface area contributed by atoms with Gasteiger partial charge in [-0.2, -0.15) is 4.98 Å². The highest BCUT2D eigenvalue weighted by atomic mass is 35.5. The molecule has 8 nitrogen and oxygen atoms in total. The number of halogens is 1. The monoisotopic (exact) mass is 451 g/mol. The van der Waals surface area contributed by atoms with E-state index >= 15 is 0 Å². The van der Waals surface area contributed by atoms with E-state index in [0.29, 0.717) is 35.5 Å². The Kier molecular flexibility index (Phi) is 5.63. The molecule has 3 heterocycles. The van der Waals surface area contributed by atoms with E-state index in [2.05, 4.69) is 20.4 Å². The molecule has 0 aliphatic carbocycles. The minimum absolute atomic E-state index is 0.0237. The predicted octanol–water partition coefficient (Wildman–Crippen LogP) is 3.59. The molecule has 0 radical (unpaired) electrons. The largest absolute Gasteiger partial charge is 0.338 e. The Morgan fingerprint density at radius 3 is 2.84 bits per heavy atom. The molecule has 2 aliphatic heterocycles. The average molecular weight is 452 g/mol. The van der Waals surface area contributed by atoms with E-state index in [4.69, 9.17) is 16.1 Å². The molecule has 1 fully saturated rings. The second kappa shape index (κ2) is 8.72. The summed E-state index contributed by atoms with van der Waals surface area (Å²) >= 11 is 5.94. The van der Waals surface area contributed by atoms with Gasteiger partial charge in [-0.3, -0.25) is 14.5 Å². The second-order valence-corrected chi connectivity index (χ2v) is 8.52. The van der Waals surface area contributed by atoms with Gasteiger partial charge in [0.15, 0.2) is 0 Å². The summed E-state index contributed by atoms with van der Waals surface area (Å²) in [5.41, 5.74) is 2.25. The molecule has 164 valence electrons. The summed E-state index contributed by atoms with van der Waals surface area (Å²) in [6, 6.07) is 14.7. The lowest BCUT2D eigenvalue weighted by molar-refractivity contribution is -0.126. The van der Waals surface area contributed by atoms with Gasteiger partial charge >= 0.3 is 0 Å². The van der Waals surface area contributed by atoms with Gasteiger partial charge in [0.05, 0.1) is 23.8 Å². The average Bonchev–Trinajstić information content (AvgIpc) is 3.27. The number of aromatic nitrogens is 2. The highest BCUT2D eigenvalue weighted by Gasteiger charge is 2.34. The van der Waals surface area contributed by atoms with Crippen LogP contribution in [-0.2, 0) is 16.1 Å². The van der Waals surface area contributed by atoms with Crippen molar-refractivity contribution in [1.82, 2.24) is 15.0 Å². The second-order valence-electron chi connectivity index (χ2n) is 8.08. The van der Waals surface area contributed by atoms with E-state index in [9.17, 15) is 9.59 Å². The highest BCUT2D eigenvalue weighted by Crippen LogP contribution is 2.31. The molecule has 5 rings (SSSR count). The van der Waals surface area contributed by atoms with Crippen molar-refractivity contribution in [2.24, 2.45) is 5.92 Å². The molecule has 3 aromatic rings. The number of carbonyl (C=O) groups is 2. The molecular formula is C23H22ClN5O3. The molecule has 2 aliphatic rings. The molecule has 9 heteroatoms. The SMILES string of the molecule is O=C1CN(C(=O)C2CCCN(Cc3nc(-c4ccc(Cl)cc4)no3)C2)c2ccccc2N1. The van der Waals surface area contributed by atoms with Gasteiger partial charge < -0.3 is 14.7 Å². The van der Waals surface area contributed by atoms with Crippen molar-refractivity contribution in [3.8, 4) is 11.4 Å². The Balaban J connectivity index is 1.27. The van der Waals surface area contributed by atoms with Crippen LogP contribution in [0.1, 0.15) is 18.7 Å². The molecular weight excluding hydrogens is 430 g/mol. The van der Waals surface area contributed by atoms with Gasteiger partial charge in [0.2, 0.25) is 23.5 Å². The van der Waals surface area contributed by atoms with Crippen LogP contribution >= 0.6 is 11.6 Å². The fourth-order valence-corrected chi connectivity index (χ4v) is 4.40. The number of hydrogen-bond donors (Lipinski definition) is 1. The summed E-state index contributed by atoms with van der Waals surface area (Å²) in [6.07, 6.45) is 1.67. The number of carbonyl (C=O) groups excluding carboxylic acids is 2. The Hall–Kier alpha value is -3.23. The van der Waals surface area contributed by atoms with Crippen LogP contribution in [-0.4, -0.2) is 46.5 Å². The van der Waals surface area contributed by atoms with Crippen LogP contribution in [0.25, 0.3) is 11.4 Å². The van der Waals surface area contributed by atoms with Gasteiger partial charge in [0, 0.05) is 17.1 Å². The number of piperidine rings is 1. The first kappa shape index (κ1) is 20.7. The molecule has 0 spiro atoms. The maximum atomic E-state index is 13.3. The van der Waals surface area contributed by atoms with Crippen LogP contribution in [0.4, 0.5) is 11.4 Å². The third-order valence-electron chi connectivity index (χ3n) is 5.82. The smallest absolute Gasteiger partial charge is 0.244 e. The van der Waals surface area contributed by atoms with Crippen molar-refractivity contribution in [1.29, 1.82) is 0 Å². The number of amides is 2. The van der Waals surface area contributed by atoms with Crippen molar-refractivity contribution in [2.75, 3.05) is 29.9 Å². The number of anilines is 2. The summed E-state index contributed by atoms with van der Waals surface area (Å²) in [4.78, 5) is 33.7. The van der Waals surface area contributed by atoms with Gasteiger partial charge in [-0.1, -0.05) is 28.9 Å². The fourth-order valence-electron chi connectivity index (χ4n) is 4.28. The van der Waals surface area contributed by atoms with Crippen molar-refractivity contribution < 1.29 is 14.1 Å². The van der Waals surface area contributed by atoms with E-state index in [-0.39, 0.29) is 24.3 Å². The molecule has 1 saturated heterocycles. The quantitative estimate of drug-likeness (QED) is 0.651. The lowest BCUT2D eigenvalue weighted by atomic mass is 9.95. The molecule has 1 N–H and O–H groups in total. The Labute approximate surface area is 190 Å². The number of likely N-dealkylation sites (tertiary alicyclic amines) is 1. The fraction of sp³-hybridized carbons (Fsp3) is 0.304. The molecule has 0 bridgehead atoms. The predicted molar refractivity (Wildman–Crippen MR) is 120 cm³/mol. The first-order valence-electron chi connectivity index (χ1n) is 10.6. The normalized spacial score (nSPS) is 18.8. The molecule has 1 unspecified atom stereocenters. The van der Waals surface area contributed by atoms with Gasteiger partial charge in [-0.05, 0) is 55.8 Å². The van der Waals surface area contributed by atoms with Gasteiger partial charge in [-0.15, -0.1) is 0 Å². The first-order valence-corrected chi connectivity index (χ1v) is 11.0. The van der Waals surface area contributed by atoms with Crippen LogP contribution in [0, 0.1) is 5.92 Å². The van der Waals surface area contributed by atoms with Crippen LogP contribution in [0.5, 0.6) is 0 Å². The summed E-state index contributed by atoms with van der Waals surface area (Å²) in [7, 11) is 0. The summed E-state index contributed by atoms with van der Waals surface area (Å²) in [6.45, 7) is 1.94. The van der Waals surface area contributed by atoms with Crippen molar-refractivity contribution in [3.05, 3.63) is 59.4 Å². The maximum absolute atomic E-state index is 13.3. The zero-order valence-corrected chi connectivity index (χ0v) is 18.1. The van der Waals surface area contributed by atoms with Gasteiger partial charge in [0.1, 0.15) is 6.54 Å². The van der Waals surface area contributed by atoms with E-state index in [1.165, 1.54) is 0 Å². The zero-order chi connectivity index (χ0) is 22.1. The number of rotatable bonds is 4. The highest BCUT2D eigenvalue weighted by molar-refractivity contribution is 6.30. The first-order chi connectivity index (χ1) is 15.6. The summed E-state index contributed by atoms with van der Waals surface area (Å²) < 4.78 is 5.44. The lowest BCUT2D eigenvalue weighted by Crippen LogP contribution is -2.48. The molecule has 32 heavy (non-hydrogen) atoms. The van der Waals surface area contributed by atoms with Crippen molar-refractivity contribution >= 4 is 34.8 Å². The number of benzene rings is 2. The van der Waals surface area contributed by atoms with Crippen molar-refractivity contribution in [2.45, 2.75) is 19.4 Å². The number of nitrogens with one attached hydrogen (secondary N) is 1. The minimum Gasteiger partial charge on any atom is -0.338 e. The molecule has 2 aromatic carbocycles. The molecule has 1 atom stereocenters. The number of nitrogens with zero attached hydrogens (tertiary/aromatic N) is 4. The number of fused-ring (bicyclic) bond motifs is 1. The van der Waals surface area contributed by atoms with Crippen LogP contribution in [0.3, 0.4) is 0 Å². The Morgan fingerprint density at radius 1 is 1.19 bits per heavy atom. The standard InChI is InChI=1S/C23H22ClN5O3/c24-17-9-7-15(8-10-17)22-26-21(32-27-22)14-28-11-3-4-16(12-28)23(31)29-13-20(30)25-18-5-1-2-6-19(18)29/h1-2,5-10,16H,3-4,11-14H2,(H,25,30). The number of para-hydroxylation sites is 2. The summed E-state index contributed by atoms with van der Waals surface area (Å²) in [5.74, 6) is 0.624. The number of hydrogen-bond acceptors (Lipinski definition) is 6.